The van der Waals surface area contributed by atoms with Crippen LogP contribution >= 0.6 is 0 Å². The number of hydrogen-bond acceptors (Lipinski definition) is 3. The number of fused-ring (bicyclic) bond motifs is 1. The van der Waals surface area contributed by atoms with Crippen molar-refractivity contribution in [2.24, 2.45) is 0 Å². The number of hydrogen-bond donors (Lipinski definition) is 2. The highest BCUT2D eigenvalue weighted by atomic mass is 16.2. The van der Waals surface area contributed by atoms with Gasteiger partial charge in [-0.1, -0.05) is 6.07 Å². The van der Waals surface area contributed by atoms with Gasteiger partial charge in [0.1, 0.15) is 6.04 Å². The maximum atomic E-state index is 12.2. The number of benzene rings is 1. The van der Waals surface area contributed by atoms with Crippen LogP contribution in [-0.2, 0) is 11.2 Å². The number of rotatable bonds is 4. The fourth-order valence-corrected chi connectivity index (χ4v) is 2.37. The van der Waals surface area contributed by atoms with Gasteiger partial charge < -0.3 is 15.5 Å². The summed E-state index contributed by atoms with van der Waals surface area (Å²) in [5.74, 6) is -0.00893. The predicted molar refractivity (Wildman–Crippen MR) is 83.5 cm³/mol. The zero-order chi connectivity index (χ0) is 15.6. The Morgan fingerprint density at radius 1 is 1.33 bits per heavy atom. The van der Waals surface area contributed by atoms with E-state index in [1.54, 1.807) is 11.9 Å². The molecule has 1 unspecified atom stereocenters. The Morgan fingerprint density at radius 3 is 2.71 bits per heavy atom. The summed E-state index contributed by atoms with van der Waals surface area (Å²) < 4.78 is 0. The Hall–Kier alpha value is -2.04. The van der Waals surface area contributed by atoms with Crippen LogP contribution in [0.25, 0.3) is 0 Å². The lowest BCUT2D eigenvalue weighted by molar-refractivity contribution is -0.131. The highest BCUT2D eigenvalue weighted by molar-refractivity contribution is 5.97. The van der Waals surface area contributed by atoms with Crippen molar-refractivity contribution < 1.29 is 9.59 Å². The molecular weight excluding hydrogens is 266 g/mol. The van der Waals surface area contributed by atoms with Crippen molar-refractivity contribution in [1.82, 2.24) is 10.2 Å². The summed E-state index contributed by atoms with van der Waals surface area (Å²) in [5.41, 5.74) is 2.55. The molecule has 1 atom stereocenters. The number of anilines is 1. The van der Waals surface area contributed by atoms with Crippen LogP contribution < -0.4 is 10.6 Å². The van der Waals surface area contributed by atoms with Crippen LogP contribution in [0.2, 0.25) is 0 Å². The smallest absolute Gasteiger partial charge is 0.251 e. The van der Waals surface area contributed by atoms with Crippen molar-refractivity contribution in [1.29, 1.82) is 0 Å². The van der Waals surface area contributed by atoms with Gasteiger partial charge in [0.2, 0.25) is 5.91 Å². The summed E-state index contributed by atoms with van der Waals surface area (Å²) in [4.78, 5) is 25.8. The number of likely N-dealkylation sites (N-methyl/N-ethyl adjacent to an activating group) is 1. The first-order chi connectivity index (χ1) is 9.90. The van der Waals surface area contributed by atoms with Crippen LogP contribution in [-0.4, -0.2) is 42.4 Å². The number of nitrogens with one attached hydrogen (secondary N) is 2. The minimum absolute atomic E-state index is 0.0344. The molecule has 21 heavy (non-hydrogen) atoms. The van der Waals surface area contributed by atoms with E-state index < -0.39 is 0 Å². The normalized spacial score (nSPS) is 15.2. The number of carbonyl (C=O) groups is 2. The van der Waals surface area contributed by atoms with E-state index >= 15 is 0 Å². The zero-order valence-corrected chi connectivity index (χ0v) is 13.1. The summed E-state index contributed by atoms with van der Waals surface area (Å²) in [7, 11) is 1.80. The van der Waals surface area contributed by atoms with Gasteiger partial charge in [-0.2, -0.15) is 0 Å². The lowest BCUT2D eigenvalue weighted by Crippen LogP contribution is -2.42. The standard InChI is InChI=1S/C16H23N3O2/c1-10(2)19(4)16(21)11(3)18-13-6-5-12-7-8-17-15(20)14(12)9-13/h5-6,9-11,18H,7-8H2,1-4H3,(H,17,20). The molecule has 0 saturated carbocycles. The van der Waals surface area contributed by atoms with Crippen LogP contribution in [0.3, 0.4) is 0 Å². The molecule has 2 N–H and O–H groups in total. The Bertz CT molecular complexity index is 554. The first-order valence-corrected chi connectivity index (χ1v) is 7.34. The number of carbonyl (C=O) groups excluding carboxylic acids is 2. The van der Waals surface area contributed by atoms with Crippen molar-refractivity contribution >= 4 is 17.5 Å². The molecule has 0 spiro atoms. The highest BCUT2D eigenvalue weighted by Gasteiger charge is 2.21. The molecule has 1 heterocycles. The Labute approximate surface area is 125 Å². The molecule has 1 aromatic rings. The third kappa shape index (κ3) is 3.35. The van der Waals surface area contributed by atoms with E-state index in [2.05, 4.69) is 10.6 Å². The minimum Gasteiger partial charge on any atom is -0.374 e. The zero-order valence-electron chi connectivity index (χ0n) is 13.1. The van der Waals surface area contributed by atoms with E-state index in [1.165, 1.54) is 0 Å². The Kier molecular flexibility index (Phi) is 4.50. The summed E-state index contributed by atoms with van der Waals surface area (Å²) in [6.07, 6.45) is 0.853. The first kappa shape index (κ1) is 15.4. The molecule has 114 valence electrons. The molecule has 1 aliphatic rings. The van der Waals surface area contributed by atoms with Gasteiger partial charge in [-0.25, -0.2) is 0 Å². The van der Waals surface area contributed by atoms with Gasteiger partial charge >= 0.3 is 0 Å². The molecule has 0 aromatic heterocycles. The van der Waals surface area contributed by atoms with E-state index in [1.807, 2.05) is 39.0 Å². The molecular formula is C16H23N3O2. The van der Waals surface area contributed by atoms with Crippen LogP contribution in [0.4, 0.5) is 5.69 Å². The molecule has 0 bridgehead atoms. The molecule has 1 aromatic carbocycles. The van der Waals surface area contributed by atoms with Crippen LogP contribution in [0.1, 0.15) is 36.7 Å². The van der Waals surface area contributed by atoms with Crippen molar-refractivity contribution in [2.75, 3.05) is 18.9 Å². The van der Waals surface area contributed by atoms with Crippen LogP contribution in [0.5, 0.6) is 0 Å². The van der Waals surface area contributed by atoms with Crippen LogP contribution in [0.15, 0.2) is 18.2 Å². The van der Waals surface area contributed by atoms with E-state index in [0.717, 1.165) is 17.7 Å². The topological polar surface area (TPSA) is 61.4 Å². The second-order valence-corrected chi connectivity index (χ2v) is 5.79. The van der Waals surface area contributed by atoms with Crippen LogP contribution in [0, 0.1) is 0 Å². The van der Waals surface area contributed by atoms with Crippen molar-refractivity contribution in [3.05, 3.63) is 29.3 Å². The molecule has 2 amide bonds. The van der Waals surface area contributed by atoms with E-state index in [0.29, 0.717) is 12.1 Å². The van der Waals surface area contributed by atoms with Crippen molar-refractivity contribution in [3.8, 4) is 0 Å². The molecule has 0 fully saturated rings. The predicted octanol–water partition coefficient (Wildman–Crippen LogP) is 1.64. The van der Waals surface area contributed by atoms with E-state index in [9.17, 15) is 9.59 Å². The first-order valence-electron chi connectivity index (χ1n) is 7.34. The van der Waals surface area contributed by atoms with Gasteiger partial charge in [0.05, 0.1) is 0 Å². The Balaban J connectivity index is 2.11. The summed E-state index contributed by atoms with van der Waals surface area (Å²) in [6.45, 7) is 6.48. The number of nitrogens with zero attached hydrogens (tertiary/aromatic N) is 1. The van der Waals surface area contributed by atoms with Gasteiger partial charge in [0, 0.05) is 30.9 Å². The molecule has 0 radical (unpaired) electrons. The highest BCUT2D eigenvalue weighted by Crippen LogP contribution is 2.20. The van der Waals surface area contributed by atoms with Gasteiger partial charge in [-0.3, -0.25) is 9.59 Å². The number of amides is 2. The van der Waals surface area contributed by atoms with E-state index in [4.69, 9.17) is 0 Å². The van der Waals surface area contributed by atoms with Gasteiger partial charge in [0.25, 0.3) is 5.91 Å². The third-order valence-electron chi connectivity index (χ3n) is 3.91. The molecule has 0 saturated heterocycles. The molecule has 5 heteroatoms. The lowest BCUT2D eigenvalue weighted by Gasteiger charge is -2.26. The lowest BCUT2D eigenvalue weighted by atomic mass is 9.99. The quantitative estimate of drug-likeness (QED) is 0.886. The average Bonchev–Trinajstić information content (AvgIpc) is 2.46. The summed E-state index contributed by atoms with van der Waals surface area (Å²) in [6, 6.07) is 5.54. The third-order valence-corrected chi connectivity index (χ3v) is 3.91. The van der Waals surface area contributed by atoms with Gasteiger partial charge in [0.15, 0.2) is 0 Å². The summed E-state index contributed by atoms with van der Waals surface area (Å²) >= 11 is 0. The molecule has 2 rings (SSSR count). The molecule has 1 aliphatic heterocycles. The second kappa shape index (κ2) is 6.16. The maximum absolute atomic E-state index is 12.2. The van der Waals surface area contributed by atoms with E-state index in [-0.39, 0.29) is 23.9 Å². The Morgan fingerprint density at radius 2 is 2.05 bits per heavy atom. The van der Waals surface area contributed by atoms with Gasteiger partial charge in [-0.05, 0) is 44.9 Å². The molecule has 5 nitrogen and oxygen atoms in total. The average molecular weight is 289 g/mol. The monoisotopic (exact) mass is 289 g/mol. The minimum atomic E-state index is -0.331. The van der Waals surface area contributed by atoms with Gasteiger partial charge in [-0.15, -0.1) is 0 Å². The second-order valence-electron chi connectivity index (χ2n) is 5.79. The maximum Gasteiger partial charge on any atom is 0.251 e. The molecule has 0 aliphatic carbocycles. The summed E-state index contributed by atoms with van der Waals surface area (Å²) in [5, 5.41) is 6.01. The van der Waals surface area contributed by atoms with Crippen molar-refractivity contribution in [2.45, 2.75) is 39.3 Å². The largest absolute Gasteiger partial charge is 0.374 e. The fourth-order valence-electron chi connectivity index (χ4n) is 2.37. The van der Waals surface area contributed by atoms with Crippen molar-refractivity contribution in [3.63, 3.8) is 0 Å². The fraction of sp³-hybridized carbons (Fsp3) is 0.500. The SMILES string of the molecule is CC(Nc1ccc2c(c1)C(=O)NCC2)C(=O)N(C)C(C)C.